The molecule has 0 aliphatic carbocycles. The zero-order chi connectivity index (χ0) is 12.0. The summed E-state index contributed by atoms with van der Waals surface area (Å²) in [6, 6.07) is 11.7. The van der Waals surface area contributed by atoms with E-state index in [1.165, 1.54) is 12.0 Å². The van der Waals surface area contributed by atoms with Crippen LogP contribution >= 0.6 is 0 Å². The third-order valence-electron chi connectivity index (χ3n) is 3.40. The summed E-state index contributed by atoms with van der Waals surface area (Å²) in [6.45, 7) is 5.23. The Morgan fingerprint density at radius 2 is 1.88 bits per heavy atom. The molecule has 0 aromatic heterocycles. The van der Waals surface area contributed by atoms with Crippen LogP contribution in [0, 0.1) is 0 Å². The highest BCUT2D eigenvalue weighted by Gasteiger charge is 2.19. The zero-order valence-corrected chi connectivity index (χ0v) is 10.7. The van der Waals surface area contributed by atoms with Gasteiger partial charge in [-0.3, -0.25) is 4.90 Å². The first-order valence-corrected chi connectivity index (χ1v) is 6.17. The minimum absolute atomic E-state index is 0.446. The molecule has 0 amide bonds. The summed E-state index contributed by atoms with van der Waals surface area (Å²) >= 11 is 0. The molecule has 0 saturated carbocycles. The van der Waals surface area contributed by atoms with Crippen LogP contribution in [0.4, 0.5) is 0 Å². The minimum Gasteiger partial charge on any atom is -0.330 e. The van der Waals surface area contributed by atoms with Crippen molar-refractivity contribution in [1.82, 2.24) is 4.90 Å². The van der Waals surface area contributed by atoms with Gasteiger partial charge in [-0.25, -0.2) is 0 Å². The Morgan fingerprint density at radius 1 is 1.25 bits per heavy atom. The molecule has 0 spiro atoms. The molecule has 1 rings (SSSR count). The van der Waals surface area contributed by atoms with Gasteiger partial charge in [-0.15, -0.1) is 0 Å². The number of rotatable bonds is 6. The second-order valence-electron chi connectivity index (χ2n) is 4.43. The van der Waals surface area contributed by atoms with Crippen molar-refractivity contribution in [3.8, 4) is 0 Å². The Bertz CT molecular complexity index is 284. The smallest absolute Gasteiger partial charge is 0.0359 e. The molecule has 90 valence electrons. The van der Waals surface area contributed by atoms with Gasteiger partial charge < -0.3 is 5.73 Å². The lowest BCUT2D eigenvalue weighted by atomic mass is 10.0. The van der Waals surface area contributed by atoms with E-state index in [0.29, 0.717) is 12.1 Å². The maximum atomic E-state index is 5.72. The van der Waals surface area contributed by atoms with Crippen LogP contribution in [0.15, 0.2) is 30.3 Å². The summed E-state index contributed by atoms with van der Waals surface area (Å²) in [5, 5.41) is 0. The summed E-state index contributed by atoms with van der Waals surface area (Å²) < 4.78 is 0. The van der Waals surface area contributed by atoms with Crippen molar-refractivity contribution in [2.75, 3.05) is 13.6 Å². The average molecular weight is 220 g/mol. The molecule has 2 N–H and O–H groups in total. The lowest BCUT2D eigenvalue weighted by Crippen LogP contribution is -2.33. The predicted octanol–water partition coefficient (Wildman–Crippen LogP) is 2.81. The van der Waals surface area contributed by atoms with Gasteiger partial charge in [-0.1, -0.05) is 37.3 Å². The Kier molecular flexibility index (Phi) is 5.50. The van der Waals surface area contributed by atoms with E-state index < -0.39 is 0 Å². The summed E-state index contributed by atoms with van der Waals surface area (Å²) in [6.07, 6.45) is 2.19. The fourth-order valence-electron chi connectivity index (χ4n) is 2.03. The topological polar surface area (TPSA) is 29.3 Å². The highest BCUT2D eigenvalue weighted by molar-refractivity contribution is 5.19. The van der Waals surface area contributed by atoms with Crippen molar-refractivity contribution >= 4 is 0 Å². The first-order chi connectivity index (χ1) is 7.70. The molecule has 2 unspecified atom stereocenters. The number of nitrogens with zero attached hydrogens (tertiary/aromatic N) is 1. The molecule has 0 saturated heterocycles. The third kappa shape index (κ3) is 3.32. The van der Waals surface area contributed by atoms with Gasteiger partial charge in [0.25, 0.3) is 0 Å². The quantitative estimate of drug-likeness (QED) is 0.798. The Labute approximate surface area is 99.5 Å². The summed E-state index contributed by atoms with van der Waals surface area (Å²) in [4.78, 5) is 2.43. The summed E-state index contributed by atoms with van der Waals surface area (Å²) in [5.74, 6) is 0. The molecule has 0 heterocycles. The van der Waals surface area contributed by atoms with E-state index in [1.54, 1.807) is 0 Å². The molecule has 2 atom stereocenters. The number of hydrogen-bond acceptors (Lipinski definition) is 2. The zero-order valence-electron chi connectivity index (χ0n) is 10.7. The van der Waals surface area contributed by atoms with Gasteiger partial charge in [0.1, 0.15) is 0 Å². The van der Waals surface area contributed by atoms with E-state index >= 15 is 0 Å². The standard InChI is InChI=1S/C14H24N2/c1-4-12(2)16(3)14(10-11-15)13-8-6-5-7-9-13/h5-9,12,14H,4,10-11,15H2,1-3H3. The Morgan fingerprint density at radius 3 is 2.38 bits per heavy atom. The summed E-state index contributed by atoms with van der Waals surface area (Å²) in [7, 11) is 2.20. The van der Waals surface area contributed by atoms with E-state index in [-0.39, 0.29) is 0 Å². The van der Waals surface area contributed by atoms with Gasteiger partial charge in [0, 0.05) is 12.1 Å². The van der Waals surface area contributed by atoms with Crippen molar-refractivity contribution in [2.24, 2.45) is 5.73 Å². The molecule has 0 aliphatic heterocycles. The number of benzene rings is 1. The van der Waals surface area contributed by atoms with Crippen LogP contribution in [0.5, 0.6) is 0 Å². The Balaban J connectivity index is 2.82. The van der Waals surface area contributed by atoms with Crippen LogP contribution in [-0.4, -0.2) is 24.5 Å². The van der Waals surface area contributed by atoms with Crippen molar-refractivity contribution in [3.63, 3.8) is 0 Å². The van der Waals surface area contributed by atoms with Crippen molar-refractivity contribution in [3.05, 3.63) is 35.9 Å². The fourth-order valence-corrected chi connectivity index (χ4v) is 2.03. The van der Waals surface area contributed by atoms with Crippen LogP contribution in [0.1, 0.15) is 38.3 Å². The maximum Gasteiger partial charge on any atom is 0.0359 e. The second-order valence-corrected chi connectivity index (χ2v) is 4.43. The number of nitrogens with two attached hydrogens (primary N) is 1. The first-order valence-electron chi connectivity index (χ1n) is 6.17. The summed E-state index contributed by atoms with van der Waals surface area (Å²) in [5.41, 5.74) is 7.09. The predicted molar refractivity (Wildman–Crippen MR) is 70.4 cm³/mol. The molecule has 2 nitrogen and oxygen atoms in total. The van der Waals surface area contributed by atoms with E-state index in [2.05, 4.69) is 56.1 Å². The molecule has 0 fully saturated rings. The molecule has 1 aromatic rings. The highest BCUT2D eigenvalue weighted by atomic mass is 15.2. The van der Waals surface area contributed by atoms with Crippen molar-refractivity contribution in [1.29, 1.82) is 0 Å². The van der Waals surface area contributed by atoms with E-state index in [4.69, 9.17) is 5.73 Å². The normalized spacial score (nSPS) is 15.1. The molecule has 0 radical (unpaired) electrons. The van der Waals surface area contributed by atoms with Crippen LogP contribution in [0.3, 0.4) is 0 Å². The monoisotopic (exact) mass is 220 g/mol. The molecule has 0 bridgehead atoms. The van der Waals surface area contributed by atoms with Gasteiger partial charge in [-0.05, 0) is 38.9 Å². The van der Waals surface area contributed by atoms with Gasteiger partial charge in [-0.2, -0.15) is 0 Å². The molecule has 0 aliphatic rings. The van der Waals surface area contributed by atoms with Gasteiger partial charge in [0.05, 0.1) is 0 Å². The Hall–Kier alpha value is -0.860. The second kappa shape index (κ2) is 6.66. The molecular weight excluding hydrogens is 196 g/mol. The van der Waals surface area contributed by atoms with E-state index in [9.17, 15) is 0 Å². The molecular formula is C14H24N2. The first kappa shape index (κ1) is 13.2. The van der Waals surface area contributed by atoms with Crippen LogP contribution in [0.2, 0.25) is 0 Å². The maximum absolute atomic E-state index is 5.72. The van der Waals surface area contributed by atoms with Crippen molar-refractivity contribution < 1.29 is 0 Å². The minimum atomic E-state index is 0.446. The van der Waals surface area contributed by atoms with Crippen LogP contribution in [0.25, 0.3) is 0 Å². The third-order valence-corrected chi connectivity index (χ3v) is 3.40. The number of hydrogen-bond donors (Lipinski definition) is 1. The van der Waals surface area contributed by atoms with Crippen LogP contribution in [-0.2, 0) is 0 Å². The SMILES string of the molecule is CCC(C)N(C)C(CCN)c1ccccc1. The van der Waals surface area contributed by atoms with Crippen molar-refractivity contribution in [2.45, 2.75) is 38.8 Å². The molecule has 16 heavy (non-hydrogen) atoms. The van der Waals surface area contributed by atoms with Gasteiger partial charge in [0.15, 0.2) is 0 Å². The lowest BCUT2D eigenvalue weighted by molar-refractivity contribution is 0.173. The molecule has 1 aromatic carbocycles. The van der Waals surface area contributed by atoms with Gasteiger partial charge in [0.2, 0.25) is 0 Å². The van der Waals surface area contributed by atoms with E-state index in [0.717, 1.165) is 13.0 Å². The van der Waals surface area contributed by atoms with E-state index in [1.807, 2.05) is 0 Å². The fraction of sp³-hybridized carbons (Fsp3) is 0.571. The van der Waals surface area contributed by atoms with Crippen LogP contribution < -0.4 is 5.73 Å². The average Bonchev–Trinajstić information content (AvgIpc) is 2.35. The lowest BCUT2D eigenvalue weighted by Gasteiger charge is -2.33. The highest BCUT2D eigenvalue weighted by Crippen LogP contribution is 2.24. The largest absolute Gasteiger partial charge is 0.330 e. The van der Waals surface area contributed by atoms with Gasteiger partial charge >= 0.3 is 0 Å². The molecule has 2 heteroatoms.